The lowest BCUT2D eigenvalue weighted by Gasteiger charge is -2.19. The van der Waals surface area contributed by atoms with E-state index in [9.17, 15) is 18.0 Å². The molecule has 0 saturated heterocycles. The number of amides is 1. The lowest BCUT2D eigenvalue weighted by atomic mass is 10.2. The number of carboxylic acids is 1. The van der Waals surface area contributed by atoms with Gasteiger partial charge in [-0.1, -0.05) is 0 Å². The lowest BCUT2D eigenvalue weighted by molar-refractivity contribution is -0.131. The van der Waals surface area contributed by atoms with Crippen molar-refractivity contribution in [3.05, 3.63) is 28.0 Å². The van der Waals surface area contributed by atoms with Crippen molar-refractivity contribution in [1.82, 2.24) is 4.90 Å². The SMILES string of the molecule is CC(C(=O)N(C)Cc1cc(/C=C/C(=O)O)cs1)S(C)(=O)=O. The molecule has 6 nitrogen and oxygen atoms in total. The third-order valence-corrected chi connectivity index (χ3v) is 5.28. The van der Waals surface area contributed by atoms with Crippen molar-refractivity contribution in [3.63, 3.8) is 0 Å². The average molecular weight is 331 g/mol. The van der Waals surface area contributed by atoms with Gasteiger partial charge in [-0.25, -0.2) is 13.2 Å². The summed E-state index contributed by atoms with van der Waals surface area (Å²) in [6, 6.07) is 1.76. The van der Waals surface area contributed by atoms with Crippen LogP contribution >= 0.6 is 11.3 Å². The molecule has 0 spiro atoms. The maximum atomic E-state index is 12.0. The average Bonchev–Trinajstić information content (AvgIpc) is 2.81. The van der Waals surface area contributed by atoms with Gasteiger partial charge in [0.05, 0.1) is 6.54 Å². The molecule has 0 fully saturated rings. The minimum absolute atomic E-state index is 0.282. The number of sulfone groups is 1. The number of carboxylic acid groups (broad SMARTS) is 1. The van der Waals surface area contributed by atoms with Gasteiger partial charge in [-0.2, -0.15) is 0 Å². The molecule has 21 heavy (non-hydrogen) atoms. The Balaban J connectivity index is 2.73. The number of carbonyl (C=O) groups is 2. The first kappa shape index (κ1) is 17.4. The minimum atomic E-state index is -3.42. The van der Waals surface area contributed by atoms with Crippen LogP contribution in [0.5, 0.6) is 0 Å². The van der Waals surface area contributed by atoms with Gasteiger partial charge in [0.1, 0.15) is 5.25 Å². The molecule has 0 aromatic carbocycles. The van der Waals surface area contributed by atoms with Crippen LogP contribution in [-0.4, -0.2) is 48.9 Å². The highest BCUT2D eigenvalue weighted by molar-refractivity contribution is 7.92. The molecule has 1 amide bonds. The third kappa shape index (κ3) is 5.31. The van der Waals surface area contributed by atoms with Crippen LogP contribution in [0.4, 0.5) is 0 Å². The summed E-state index contributed by atoms with van der Waals surface area (Å²) in [6.45, 7) is 1.65. The molecular weight excluding hydrogens is 314 g/mol. The highest BCUT2D eigenvalue weighted by Gasteiger charge is 2.26. The van der Waals surface area contributed by atoms with Gasteiger partial charge in [0.25, 0.3) is 0 Å². The third-order valence-electron chi connectivity index (χ3n) is 2.85. The van der Waals surface area contributed by atoms with Crippen LogP contribution in [0.3, 0.4) is 0 Å². The number of hydrogen-bond acceptors (Lipinski definition) is 5. The first-order valence-corrected chi connectivity index (χ1v) is 8.87. The summed E-state index contributed by atoms with van der Waals surface area (Å²) in [5.41, 5.74) is 0.731. The molecule has 1 unspecified atom stereocenters. The van der Waals surface area contributed by atoms with E-state index in [4.69, 9.17) is 5.11 Å². The zero-order valence-electron chi connectivity index (χ0n) is 11.9. The summed E-state index contributed by atoms with van der Waals surface area (Å²) >= 11 is 1.38. The van der Waals surface area contributed by atoms with Crippen molar-refractivity contribution >= 4 is 39.1 Å². The first-order chi connectivity index (χ1) is 9.61. The molecule has 8 heteroatoms. The van der Waals surface area contributed by atoms with Crippen molar-refractivity contribution in [2.75, 3.05) is 13.3 Å². The van der Waals surface area contributed by atoms with Crippen molar-refractivity contribution in [2.24, 2.45) is 0 Å². The van der Waals surface area contributed by atoms with Gasteiger partial charge in [-0.3, -0.25) is 4.79 Å². The van der Waals surface area contributed by atoms with Crippen LogP contribution in [0.2, 0.25) is 0 Å². The van der Waals surface area contributed by atoms with Crippen LogP contribution in [0.1, 0.15) is 17.4 Å². The molecule has 0 bridgehead atoms. The zero-order chi connectivity index (χ0) is 16.2. The van der Waals surface area contributed by atoms with E-state index in [0.717, 1.165) is 22.8 Å². The maximum Gasteiger partial charge on any atom is 0.328 e. The molecule has 0 aliphatic rings. The van der Waals surface area contributed by atoms with Gasteiger partial charge in [-0.15, -0.1) is 11.3 Å². The molecule has 0 aliphatic carbocycles. The van der Waals surface area contributed by atoms with E-state index in [2.05, 4.69) is 0 Å². The van der Waals surface area contributed by atoms with Crippen LogP contribution in [-0.2, 0) is 26.0 Å². The highest BCUT2D eigenvalue weighted by atomic mass is 32.2. The molecule has 1 atom stereocenters. The van der Waals surface area contributed by atoms with E-state index in [1.54, 1.807) is 11.4 Å². The van der Waals surface area contributed by atoms with E-state index in [1.807, 2.05) is 0 Å². The van der Waals surface area contributed by atoms with Gasteiger partial charge in [0, 0.05) is 24.3 Å². The second-order valence-corrected chi connectivity index (χ2v) is 8.05. The summed E-state index contributed by atoms with van der Waals surface area (Å²) in [5, 5.41) is 9.24. The second kappa shape index (κ2) is 6.86. The number of carbonyl (C=O) groups excluding carboxylic acids is 1. The van der Waals surface area contributed by atoms with E-state index >= 15 is 0 Å². The molecule has 116 valence electrons. The van der Waals surface area contributed by atoms with Crippen LogP contribution in [0, 0.1) is 0 Å². The summed E-state index contributed by atoms with van der Waals surface area (Å²) in [7, 11) is -1.88. The van der Waals surface area contributed by atoms with Crippen LogP contribution in [0.25, 0.3) is 6.08 Å². The summed E-state index contributed by atoms with van der Waals surface area (Å²) < 4.78 is 22.7. The van der Waals surface area contributed by atoms with E-state index in [-0.39, 0.29) is 6.54 Å². The summed E-state index contributed by atoms with van der Waals surface area (Å²) in [6.07, 6.45) is 3.53. The summed E-state index contributed by atoms with van der Waals surface area (Å²) in [4.78, 5) is 24.6. The predicted octanol–water partition coefficient (Wildman–Crippen LogP) is 1.24. The standard InChI is InChI=1S/C13H17NO5S2/c1-9(21(3,18)19)13(17)14(2)7-11-6-10(8-20-11)4-5-12(15)16/h4-6,8-9H,7H2,1-3H3,(H,15,16)/b5-4+. The molecule has 0 radical (unpaired) electrons. The monoisotopic (exact) mass is 331 g/mol. The highest BCUT2D eigenvalue weighted by Crippen LogP contribution is 2.18. The van der Waals surface area contributed by atoms with E-state index < -0.39 is 27.0 Å². The first-order valence-electron chi connectivity index (χ1n) is 6.03. The maximum absolute atomic E-state index is 12.0. The van der Waals surface area contributed by atoms with Gasteiger partial charge in [0.2, 0.25) is 5.91 Å². The molecule has 1 N–H and O–H groups in total. The molecule has 0 aliphatic heterocycles. The number of thiophene rings is 1. The van der Waals surface area contributed by atoms with Crippen molar-refractivity contribution in [1.29, 1.82) is 0 Å². The van der Waals surface area contributed by atoms with E-state index in [1.165, 1.54) is 36.3 Å². The van der Waals surface area contributed by atoms with Gasteiger partial charge in [-0.05, 0) is 30.0 Å². The molecule has 1 aromatic rings. The molecular formula is C13H17NO5S2. The Bertz CT molecular complexity index is 660. The number of rotatable bonds is 6. The molecule has 1 heterocycles. The van der Waals surface area contributed by atoms with Crippen LogP contribution in [0.15, 0.2) is 17.5 Å². The Morgan fingerprint density at radius 1 is 1.48 bits per heavy atom. The lowest BCUT2D eigenvalue weighted by Crippen LogP contribution is -2.38. The summed E-state index contributed by atoms with van der Waals surface area (Å²) in [5.74, 6) is -1.49. The number of aliphatic carboxylic acids is 1. The molecule has 0 saturated carbocycles. The normalized spacial score (nSPS) is 13.3. The Morgan fingerprint density at radius 3 is 2.62 bits per heavy atom. The Hall–Kier alpha value is -1.67. The fraction of sp³-hybridized carbons (Fsp3) is 0.385. The Morgan fingerprint density at radius 2 is 2.10 bits per heavy atom. The molecule has 1 rings (SSSR count). The Labute approximate surface area is 127 Å². The van der Waals surface area contributed by atoms with Crippen molar-refractivity contribution in [3.8, 4) is 0 Å². The number of nitrogens with zero attached hydrogens (tertiary/aromatic N) is 1. The largest absolute Gasteiger partial charge is 0.478 e. The van der Waals surface area contributed by atoms with Gasteiger partial charge < -0.3 is 10.0 Å². The Kier molecular flexibility index (Phi) is 5.68. The fourth-order valence-corrected chi connectivity index (χ4v) is 2.99. The zero-order valence-corrected chi connectivity index (χ0v) is 13.6. The van der Waals surface area contributed by atoms with Crippen molar-refractivity contribution < 1.29 is 23.1 Å². The number of hydrogen-bond donors (Lipinski definition) is 1. The van der Waals surface area contributed by atoms with Crippen LogP contribution < -0.4 is 0 Å². The minimum Gasteiger partial charge on any atom is -0.478 e. The quantitative estimate of drug-likeness (QED) is 0.792. The van der Waals surface area contributed by atoms with Crippen molar-refractivity contribution in [2.45, 2.75) is 18.7 Å². The second-order valence-electron chi connectivity index (χ2n) is 4.68. The van der Waals surface area contributed by atoms with Gasteiger partial charge >= 0.3 is 5.97 Å². The topological polar surface area (TPSA) is 91.8 Å². The van der Waals surface area contributed by atoms with Gasteiger partial charge in [0.15, 0.2) is 9.84 Å². The smallest absolute Gasteiger partial charge is 0.328 e. The van der Waals surface area contributed by atoms with E-state index in [0.29, 0.717) is 0 Å². The fourth-order valence-electron chi connectivity index (χ4n) is 1.54. The molecule has 1 aromatic heterocycles. The predicted molar refractivity (Wildman–Crippen MR) is 81.8 cm³/mol.